The van der Waals surface area contributed by atoms with Crippen molar-refractivity contribution in [2.45, 2.75) is 6.61 Å². The van der Waals surface area contributed by atoms with E-state index >= 15 is 0 Å². The smallest absolute Gasteiger partial charge is 0.359 e. The summed E-state index contributed by atoms with van der Waals surface area (Å²) in [7, 11) is 1.33. The summed E-state index contributed by atoms with van der Waals surface area (Å²) in [5.74, 6) is 0.246. The third kappa shape index (κ3) is 4.18. The lowest BCUT2D eigenvalue weighted by atomic mass is 10.0. The van der Waals surface area contributed by atoms with Gasteiger partial charge in [-0.15, -0.1) is 0 Å². The first kappa shape index (κ1) is 21.9. The molecule has 0 atom stereocenters. The number of fused-ring (bicyclic) bond motifs is 1. The van der Waals surface area contributed by atoms with E-state index in [1.807, 2.05) is 84.9 Å². The van der Waals surface area contributed by atoms with Gasteiger partial charge in [-0.2, -0.15) is 5.10 Å². The number of rotatable bonds is 6. The third-order valence-corrected chi connectivity index (χ3v) is 6.16. The summed E-state index contributed by atoms with van der Waals surface area (Å²) >= 11 is 3.46. The van der Waals surface area contributed by atoms with Crippen LogP contribution in [-0.2, 0) is 11.3 Å². The van der Waals surface area contributed by atoms with Gasteiger partial charge in [0.2, 0.25) is 0 Å². The first-order valence-corrected chi connectivity index (χ1v) is 11.4. The molecule has 0 unspecified atom stereocenters. The van der Waals surface area contributed by atoms with Crippen molar-refractivity contribution >= 4 is 27.5 Å². The van der Waals surface area contributed by atoms with Crippen molar-refractivity contribution < 1.29 is 14.3 Å². The summed E-state index contributed by atoms with van der Waals surface area (Å²) < 4.78 is 13.0. The van der Waals surface area contributed by atoms with Gasteiger partial charge in [0.25, 0.3) is 0 Å². The van der Waals surface area contributed by atoms with Gasteiger partial charge in [-0.25, -0.2) is 14.3 Å². The highest BCUT2D eigenvalue weighted by Crippen LogP contribution is 2.35. The van der Waals surface area contributed by atoms with E-state index in [0.717, 1.165) is 33.7 Å². The molecule has 0 saturated heterocycles. The van der Waals surface area contributed by atoms with Gasteiger partial charge in [0.1, 0.15) is 12.4 Å². The molecule has 0 aliphatic heterocycles. The molecule has 0 spiro atoms. The molecule has 168 valence electrons. The number of nitrogens with zero attached hydrogens (tertiary/aromatic N) is 3. The molecule has 5 rings (SSSR count). The molecule has 0 radical (unpaired) electrons. The molecule has 5 aromatic rings. The van der Waals surface area contributed by atoms with E-state index in [0.29, 0.717) is 16.7 Å². The van der Waals surface area contributed by atoms with Crippen LogP contribution in [0.1, 0.15) is 16.1 Å². The van der Waals surface area contributed by atoms with Crippen molar-refractivity contribution in [3.05, 3.63) is 107 Å². The lowest BCUT2D eigenvalue weighted by Gasteiger charge is -2.13. The fourth-order valence-electron chi connectivity index (χ4n) is 3.74. The highest BCUT2D eigenvalue weighted by molar-refractivity contribution is 9.10. The summed E-state index contributed by atoms with van der Waals surface area (Å²) in [6.45, 7) is 0.501. The Balaban J connectivity index is 1.57. The number of halogens is 1. The van der Waals surface area contributed by atoms with E-state index in [-0.39, 0.29) is 5.69 Å². The third-order valence-electron chi connectivity index (χ3n) is 5.43. The molecule has 0 fully saturated rings. The number of hydrogen-bond acceptors (Lipinski definition) is 5. The van der Waals surface area contributed by atoms with Crippen LogP contribution in [0, 0.1) is 0 Å². The molecule has 0 amide bonds. The van der Waals surface area contributed by atoms with Crippen molar-refractivity contribution in [2.24, 2.45) is 0 Å². The van der Waals surface area contributed by atoms with Gasteiger partial charge in [0.15, 0.2) is 11.3 Å². The normalized spacial score (nSPS) is 10.9. The van der Waals surface area contributed by atoms with Crippen LogP contribution in [0.15, 0.2) is 95.6 Å². The van der Waals surface area contributed by atoms with Gasteiger partial charge in [-0.1, -0.05) is 72.8 Å². The maximum Gasteiger partial charge on any atom is 0.359 e. The number of esters is 1. The maximum atomic E-state index is 12.2. The van der Waals surface area contributed by atoms with Crippen molar-refractivity contribution in [3.8, 4) is 28.1 Å². The second-order valence-electron chi connectivity index (χ2n) is 7.57. The van der Waals surface area contributed by atoms with Gasteiger partial charge in [-0.3, -0.25) is 0 Å². The quantitative estimate of drug-likeness (QED) is 0.253. The Morgan fingerprint density at radius 2 is 1.59 bits per heavy atom. The molecule has 2 heterocycles. The van der Waals surface area contributed by atoms with E-state index in [2.05, 4.69) is 26.0 Å². The first-order chi connectivity index (χ1) is 16.7. The molecule has 6 nitrogen and oxygen atoms in total. The fourth-order valence-corrected chi connectivity index (χ4v) is 4.25. The Hall–Kier alpha value is -3.97. The molecule has 0 aliphatic carbocycles. The van der Waals surface area contributed by atoms with Crippen molar-refractivity contribution in [2.75, 3.05) is 7.11 Å². The zero-order chi connectivity index (χ0) is 23.5. The van der Waals surface area contributed by atoms with Gasteiger partial charge in [0.05, 0.1) is 17.3 Å². The lowest BCUT2D eigenvalue weighted by molar-refractivity contribution is 0.0592. The van der Waals surface area contributed by atoms with Crippen LogP contribution in [-0.4, -0.2) is 27.7 Å². The molecule has 0 aliphatic rings. The topological polar surface area (TPSA) is 65.7 Å². The standard InChI is InChI=1S/C27H20BrN3O3/c1-33-27(32)24-23(28)26-29-16-22(25(31(26)30-24)20-10-6-3-7-11-20)19-12-14-21(15-13-19)34-17-18-8-4-2-5-9-18/h2-16H,17H2,1H3. The fraction of sp³-hybridized carbons (Fsp3) is 0.0741. The van der Waals surface area contributed by atoms with E-state index in [1.165, 1.54) is 7.11 Å². The van der Waals surface area contributed by atoms with Gasteiger partial charge in [0, 0.05) is 17.3 Å². The van der Waals surface area contributed by atoms with Gasteiger partial charge < -0.3 is 9.47 Å². The Labute approximate surface area is 204 Å². The molecule has 0 saturated carbocycles. The average Bonchev–Trinajstić information content (AvgIpc) is 3.24. The molecular formula is C27H20BrN3O3. The number of carbonyl (C=O) groups excluding carboxylic acids is 1. The largest absolute Gasteiger partial charge is 0.489 e. The molecule has 34 heavy (non-hydrogen) atoms. The van der Waals surface area contributed by atoms with Crippen LogP contribution in [0.2, 0.25) is 0 Å². The van der Waals surface area contributed by atoms with Gasteiger partial charge in [-0.05, 0) is 39.2 Å². The number of benzene rings is 3. The zero-order valence-corrected chi connectivity index (χ0v) is 19.9. The minimum Gasteiger partial charge on any atom is -0.489 e. The highest BCUT2D eigenvalue weighted by Gasteiger charge is 2.23. The van der Waals surface area contributed by atoms with Crippen molar-refractivity contribution in [3.63, 3.8) is 0 Å². The van der Waals surface area contributed by atoms with Crippen LogP contribution >= 0.6 is 15.9 Å². The lowest BCUT2D eigenvalue weighted by Crippen LogP contribution is -2.04. The second-order valence-corrected chi connectivity index (χ2v) is 8.37. The second kappa shape index (κ2) is 9.49. The number of aromatic nitrogens is 3. The van der Waals surface area contributed by atoms with Crippen molar-refractivity contribution in [1.29, 1.82) is 0 Å². The Kier molecular flexibility index (Phi) is 6.10. The van der Waals surface area contributed by atoms with Crippen LogP contribution in [0.5, 0.6) is 5.75 Å². The minimum atomic E-state index is -0.530. The summed E-state index contributed by atoms with van der Waals surface area (Å²) in [5.41, 5.74) is 5.41. The Morgan fingerprint density at radius 1 is 0.912 bits per heavy atom. The zero-order valence-electron chi connectivity index (χ0n) is 18.3. The molecule has 7 heteroatoms. The monoisotopic (exact) mass is 513 g/mol. The van der Waals surface area contributed by atoms with Gasteiger partial charge >= 0.3 is 5.97 Å². The molecule has 3 aromatic carbocycles. The van der Waals surface area contributed by atoms with Crippen LogP contribution in [0.4, 0.5) is 0 Å². The summed E-state index contributed by atoms with van der Waals surface area (Å²) in [5, 5.41) is 4.53. The number of methoxy groups -OCH3 is 1. The number of carbonyl (C=O) groups is 1. The summed E-state index contributed by atoms with van der Waals surface area (Å²) in [6, 6.07) is 27.8. The van der Waals surface area contributed by atoms with E-state index in [1.54, 1.807) is 10.7 Å². The van der Waals surface area contributed by atoms with E-state index in [4.69, 9.17) is 9.47 Å². The maximum absolute atomic E-state index is 12.2. The Bertz CT molecular complexity index is 1450. The highest BCUT2D eigenvalue weighted by atomic mass is 79.9. The van der Waals surface area contributed by atoms with E-state index < -0.39 is 5.97 Å². The molecule has 0 bridgehead atoms. The average molecular weight is 514 g/mol. The Morgan fingerprint density at radius 3 is 2.26 bits per heavy atom. The molecular weight excluding hydrogens is 494 g/mol. The minimum absolute atomic E-state index is 0.175. The summed E-state index contributed by atoms with van der Waals surface area (Å²) in [6.07, 6.45) is 1.80. The molecule has 2 aromatic heterocycles. The van der Waals surface area contributed by atoms with E-state index in [9.17, 15) is 4.79 Å². The van der Waals surface area contributed by atoms with Crippen LogP contribution in [0.3, 0.4) is 0 Å². The summed E-state index contributed by atoms with van der Waals surface area (Å²) in [4.78, 5) is 16.8. The van der Waals surface area contributed by atoms with Crippen molar-refractivity contribution in [1.82, 2.24) is 14.6 Å². The van der Waals surface area contributed by atoms with Crippen LogP contribution < -0.4 is 4.74 Å². The molecule has 0 N–H and O–H groups in total. The SMILES string of the molecule is COC(=O)c1nn2c(-c3ccccc3)c(-c3ccc(OCc4ccccc4)cc3)cnc2c1Br. The number of ether oxygens (including phenoxy) is 2. The predicted octanol–water partition coefficient (Wildman–Crippen LogP) is 6.19. The van der Waals surface area contributed by atoms with Crippen LogP contribution in [0.25, 0.3) is 28.0 Å². The first-order valence-electron chi connectivity index (χ1n) is 10.6. The predicted molar refractivity (Wildman–Crippen MR) is 134 cm³/mol. The number of hydrogen-bond donors (Lipinski definition) is 0.